The predicted molar refractivity (Wildman–Crippen MR) is 100 cm³/mol. The molecule has 1 aliphatic rings. The molecule has 1 fully saturated rings. The summed E-state index contributed by atoms with van der Waals surface area (Å²) in [5, 5.41) is 5.24. The van der Waals surface area contributed by atoms with E-state index in [0.29, 0.717) is 30.5 Å². The fraction of sp³-hybridized carbons (Fsp3) is 0.333. The van der Waals surface area contributed by atoms with Crippen LogP contribution >= 0.6 is 0 Å². The van der Waals surface area contributed by atoms with Crippen molar-refractivity contribution in [2.45, 2.75) is 37.9 Å². The van der Waals surface area contributed by atoms with Crippen LogP contribution in [0.2, 0.25) is 0 Å². The van der Waals surface area contributed by atoms with E-state index in [-0.39, 0.29) is 17.9 Å². The van der Waals surface area contributed by atoms with Gasteiger partial charge in [0.15, 0.2) is 0 Å². The number of halogens is 3. The Bertz CT molecular complexity index is 820. The monoisotopic (exact) mass is 390 g/mol. The van der Waals surface area contributed by atoms with Gasteiger partial charge < -0.3 is 10.6 Å². The van der Waals surface area contributed by atoms with E-state index < -0.39 is 24.0 Å². The number of carbonyl (C=O) groups is 2. The summed E-state index contributed by atoms with van der Waals surface area (Å²) in [6.07, 6.45) is -2.77. The molecule has 0 saturated heterocycles. The first kappa shape index (κ1) is 19.9. The van der Waals surface area contributed by atoms with E-state index in [1.165, 1.54) is 12.1 Å². The number of carbonyl (C=O) groups excluding carboxylic acids is 2. The maximum atomic E-state index is 13.2. The number of rotatable bonds is 4. The topological polar surface area (TPSA) is 58.2 Å². The molecule has 2 aromatic carbocycles. The second kappa shape index (κ2) is 8.46. The summed E-state index contributed by atoms with van der Waals surface area (Å²) in [6, 6.07) is 13.8. The van der Waals surface area contributed by atoms with E-state index in [1.54, 1.807) is 42.5 Å². The molecule has 0 spiro atoms. The summed E-state index contributed by atoms with van der Waals surface area (Å²) in [4.78, 5) is 24.5. The summed E-state index contributed by atoms with van der Waals surface area (Å²) in [5.74, 6) is -2.33. The van der Waals surface area contributed by atoms with Crippen LogP contribution in [0, 0.1) is 5.92 Å². The van der Waals surface area contributed by atoms with Crippen molar-refractivity contribution in [1.29, 1.82) is 0 Å². The largest absolute Gasteiger partial charge is 0.393 e. The first-order chi connectivity index (χ1) is 13.3. The first-order valence-corrected chi connectivity index (χ1v) is 9.18. The van der Waals surface area contributed by atoms with Crippen molar-refractivity contribution >= 4 is 17.5 Å². The molecule has 4 nitrogen and oxygen atoms in total. The normalized spacial score (nSPS) is 19.7. The lowest BCUT2D eigenvalue weighted by molar-refractivity contribution is -0.187. The molecule has 0 bridgehead atoms. The maximum Gasteiger partial charge on any atom is 0.393 e. The molecule has 2 amide bonds. The summed E-state index contributed by atoms with van der Waals surface area (Å²) in [7, 11) is 0. The minimum Gasteiger partial charge on any atom is -0.349 e. The zero-order valence-electron chi connectivity index (χ0n) is 15.1. The van der Waals surface area contributed by atoms with Crippen LogP contribution < -0.4 is 10.6 Å². The number of amides is 2. The molecule has 1 aliphatic carbocycles. The number of nitrogens with one attached hydrogen (secondary N) is 2. The Morgan fingerprint density at radius 1 is 0.821 bits per heavy atom. The molecule has 7 heteroatoms. The van der Waals surface area contributed by atoms with Gasteiger partial charge >= 0.3 is 6.18 Å². The van der Waals surface area contributed by atoms with Crippen molar-refractivity contribution < 1.29 is 22.8 Å². The van der Waals surface area contributed by atoms with Gasteiger partial charge in [-0.05, 0) is 49.2 Å². The SMILES string of the molecule is O=C(Nc1ccc(C(=O)NC2CCCCC2C(F)(F)F)cc1)c1ccccc1. The highest BCUT2D eigenvalue weighted by atomic mass is 19.4. The lowest BCUT2D eigenvalue weighted by Gasteiger charge is -2.33. The molecule has 2 aromatic rings. The first-order valence-electron chi connectivity index (χ1n) is 9.18. The van der Waals surface area contributed by atoms with Crippen LogP contribution in [-0.4, -0.2) is 24.0 Å². The fourth-order valence-corrected chi connectivity index (χ4v) is 3.44. The molecule has 0 aromatic heterocycles. The highest BCUT2D eigenvalue weighted by Gasteiger charge is 2.45. The van der Waals surface area contributed by atoms with Crippen LogP contribution in [0.5, 0.6) is 0 Å². The summed E-state index contributed by atoms with van der Waals surface area (Å²) in [6.45, 7) is 0. The summed E-state index contributed by atoms with van der Waals surface area (Å²) < 4.78 is 39.5. The third kappa shape index (κ3) is 4.91. The van der Waals surface area contributed by atoms with Crippen LogP contribution in [-0.2, 0) is 0 Å². The van der Waals surface area contributed by atoms with Crippen molar-refractivity contribution in [3.63, 3.8) is 0 Å². The Morgan fingerprint density at radius 3 is 2.07 bits per heavy atom. The van der Waals surface area contributed by atoms with Gasteiger partial charge in [-0.3, -0.25) is 9.59 Å². The molecular formula is C21H21F3N2O2. The lowest BCUT2D eigenvalue weighted by Crippen LogP contribution is -2.47. The Balaban J connectivity index is 1.62. The lowest BCUT2D eigenvalue weighted by atomic mass is 9.84. The second-order valence-corrected chi connectivity index (χ2v) is 6.91. The highest BCUT2D eigenvalue weighted by Crippen LogP contribution is 2.37. The number of anilines is 1. The van der Waals surface area contributed by atoms with Gasteiger partial charge in [0, 0.05) is 22.9 Å². The van der Waals surface area contributed by atoms with Crippen molar-refractivity contribution in [2.24, 2.45) is 5.92 Å². The molecule has 0 aliphatic heterocycles. The Kier molecular flexibility index (Phi) is 6.02. The fourth-order valence-electron chi connectivity index (χ4n) is 3.44. The number of hydrogen-bond donors (Lipinski definition) is 2. The average molecular weight is 390 g/mol. The van der Waals surface area contributed by atoms with Crippen molar-refractivity contribution in [2.75, 3.05) is 5.32 Å². The van der Waals surface area contributed by atoms with Gasteiger partial charge in [-0.25, -0.2) is 0 Å². The van der Waals surface area contributed by atoms with Crippen LogP contribution in [0.1, 0.15) is 46.4 Å². The van der Waals surface area contributed by atoms with Crippen LogP contribution in [0.4, 0.5) is 18.9 Å². The van der Waals surface area contributed by atoms with Gasteiger partial charge in [0.05, 0.1) is 5.92 Å². The van der Waals surface area contributed by atoms with E-state index in [1.807, 2.05) is 0 Å². The second-order valence-electron chi connectivity index (χ2n) is 6.91. The molecule has 2 unspecified atom stereocenters. The molecule has 148 valence electrons. The standard InChI is InChI=1S/C21H21F3N2O2/c22-21(23,24)17-8-4-5-9-18(17)26-20(28)15-10-12-16(13-11-15)25-19(27)14-6-2-1-3-7-14/h1-3,6-7,10-13,17-18H,4-5,8-9H2,(H,25,27)(H,26,28). The minimum atomic E-state index is -4.32. The van der Waals surface area contributed by atoms with Crippen molar-refractivity contribution in [3.8, 4) is 0 Å². The van der Waals surface area contributed by atoms with Gasteiger partial charge in [-0.2, -0.15) is 13.2 Å². The zero-order valence-corrected chi connectivity index (χ0v) is 15.1. The average Bonchev–Trinajstić information content (AvgIpc) is 2.69. The molecule has 28 heavy (non-hydrogen) atoms. The number of alkyl halides is 3. The van der Waals surface area contributed by atoms with Gasteiger partial charge in [0.25, 0.3) is 11.8 Å². The summed E-state index contributed by atoms with van der Waals surface area (Å²) in [5.41, 5.74) is 1.25. The molecule has 0 heterocycles. The van der Waals surface area contributed by atoms with Gasteiger partial charge in [0.1, 0.15) is 0 Å². The van der Waals surface area contributed by atoms with E-state index in [4.69, 9.17) is 0 Å². The predicted octanol–water partition coefficient (Wildman–Crippen LogP) is 4.79. The quantitative estimate of drug-likeness (QED) is 0.789. The minimum absolute atomic E-state index is 0.0406. The molecule has 2 N–H and O–H groups in total. The zero-order chi connectivity index (χ0) is 20.1. The van der Waals surface area contributed by atoms with Crippen LogP contribution in [0.3, 0.4) is 0 Å². The number of benzene rings is 2. The van der Waals surface area contributed by atoms with E-state index in [2.05, 4.69) is 10.6 Å². The third-order valence-electron chi connectivity index (χ3n) is 4.94. The molecule has 2 atom stereocenters. The van der Waals surface area contributed by atoms with Crippen LogP contribution in [0.15, 0.2) is 54.6 Å². The van der Waals surface area contributed by atoms with Gasteiger partial charge in [0.2, 0.25) is 0 Å². The van der Waals surface area contributed by atoms with E-state index in [9.17, 15) is 22.8 Å². The smallest absolute Gasteiger partial charge is 0.349 e. The third-order valence-corrected chi connectivity index (χ3v) is 4.94. The molecular weight excluding hydrogens is 369 g/mol. The van der Waals surface area contributed by atoms with Crippen LogP contribution in [0.25, 0.3) is 0 Å². The van der Waals surface area contributed by atoms with Gasteiger partial charge in [-0.15, -0.1) is 0 Å². The van der Waals surface area contributed by atoms with Crippen molar-refractivity contribution in [3.05, 3.63) is 65.7 Å². The molecule has 3 rings (SSSR count). The van der Waals surface area contributed by atoms with E-state index >= 15 is 0 Å². The maximum absolute atomic E-state index is 13.2. The summed E-state index contributed by atoms with van der Waals surface area (Å²) >= 11 is 0. The van der Waals surface area contributed by atoms with Gasteiger partial charge in [-0.1, -0.05) is 31.0 Å². The molecule has 0 radical (unpaired) electrons. The Morgan fingerprint density at radius 2 is 1.43 bits per heavy atom. The van der Waals surface area contributed by atoms with E-state index in [0.717, 1.165) is 0 Å². The van der Waals surface area contributed by atoms with Crippen molar-refractivity contribution in [1.82, 2.24) is 5.32 Å². The Hall–Kier alpha value is -2.83. The highest BCUT2D eigenvalue weighted by molar-refractivity contribution is 6.04. The number of hydrogen-bond acceptors (Lipinski definition) is 2. The Labute approximate surface area is 161 Å². The molecule has 1 saturated carbocycles.